The second-order valence-corrected chi connectivity index (χ2v) is 7.90. The topological polar surface area (TPSA) is 63.2 Å². The molecule has 2 bridgehead atoms. The quantitative estimate of drug-likeness (QED) is 0.844. The molecular weight excluding hydrogens is 345 g/mol. The predicted molar refractivity (Wildman–Crippen MR) is 97.7 cm³/mol. The van der Waals surface area contributed by atoms with Gasteiger partial charge >= 0.3 is 6.03 Å². The van der Waals surface area contributed by atoms with Crippen molar-refractivity contribution in [3.63, 3.8) is 0 Å². The van der Waals surface area contributed by atoms with Gasteiger partial charge in [-0.1, -0.05) is 0 Å². The molecule has 0 saturated heterocycles. The Morgan fingerprint density at radius 3 is 2.63 bits per heavy atom. The Morgan fingerprint density at radius 2 is 1.89 bits per heavy atom. The average molecular weight is 367 g/mol. The highest BCUT2D eigenvalue weighted by molar-refractivity contribution is 5.74. The highest BCUT2D eigenvalue weighted by Gasteiger charge is 2.65. The molecule has 1 aromatic carbocycles. The van der Waals surface area contributed by atoms with Gasteiger partial charge in [-0.25, -0.2) is 14.2 Å². The number of hydrogen-bond acceptors (Lipinski definition) is 3. The van der Waals surface area contributed by atoms with Crippen molar-refractivity contribution in [1.82, 2.24) is 15.6 Å². The van der Waals surface area contributed by atoms with Gasteiger partial charge < -0.3 is 15.4 Å². The Labute approximate surface area is 157 Å². The first-order chi connectivity index (χ1) is 13.2. The molecule has 3 aliphatic rings. The van der Waals surface area contributed by atoms with Crippen molar-refractivity contribution >= 4 is 6.03 Å². The summed E-state index contributed by atoms with van der Waals surface area (Å²) in [4.78, 5) is 16.4. The minimum absolute atomic E-state index is 0.105. The zero-order valence-electron chi connectivity index (χ0n) is 14.9. The third-order valence-electron chi connectivity index (χ3n) is 6.32. The molecular formula is C21H22FN3O2. The first kappa shape index (κ1) is 16.5. The molecule has 27 heavy (non-hydrogen) atoms. The molecule has 5 rings (SSSR count). The number of pyridine rings is 1. The summed E-state index contributed by atoms with van der Waals surface area (Å²) in [5, 5.41) is 6.08. The van der Waals surface area contributed by atoms with E-state index in [4.69, 9.17) is 4.74 Å². The van der Waals surface area contributed by atoms with Crippen LogP contribution in [0.2, 0.25) is 0 Å². The number of carbonyl (C=O) groups excluding carboxylic acids is 1. The summed E-state index contributed by atoms with van der Waals surface area (Å²) < 4.78 is 18.6. The van der Waals surface area contributed by atoms with Crippen LogP contribution >= 0.6 is 0 Å². The van der Waals surface area contributed by atoms with E-state index in [1.54, 1.807) is 24.4 Å². The maximum atomic E-state index is 13.0. The van der Waals surface area contributed by atoms with Crippen LogP contribution in [-0.2, 0) is 6.54 Å². The number of benzene rings is 1. The number of nitrogens with zero attached hydrogens (tertiary/aromatic N) is 1. The van der Waals surface area contributed by atoms with E-state index < -0.39 is 0 Å². The average Bonchev–Trinajstić information content (AvgIpc) is 3.04. The van der Waals surface area contributed by atoms with Crippen LogP contribution < -0.4 is 15.4 Å². The Bertz CT molecular complexity index is 841. The SMILES string of the molecule is O=C(NCc1ccnc(Oc2ccc(F)cc2)c1)NC1C2C3CCC(C3)C12. The number of aromatic nitrogens is 1. The summed E-state index contributed by atoms with van der Waals surface area (Å²) in [7, 11) is 0. The van der Waals surface area contributed by atoms with E-state index in [0.717, 1.165) is 29.2 Å². The standard InChI is InChI=1S/C21H22FN3O2/c22-15-3-5-16(6-4-15)27-17-9-12(7-8-23-17)11-24-21(26)25-20-18-13-1-2-14(10-13)19(18)20/h3-9,13-14,18-20H,1-2,10-11H2,(H2,24,25,26). The summed E-state index contributed by atoms with van der Waals surface area (Å²) in [5.41, 5.74) is 0.897. The Balaban J connectivity index is 1.13. The van der Waals surface area contributed by atoms with E-state index >= 15 is 0 Å². The van der Waals surface area contributed by atoms with Gasteiger partial charge in [0.1, 0.15) is 11.6 Å². The fourth-order valence-electron chi connectivity index (χ4n) is 5.14. The minimum atomic E-state index is -0.313. The third kappa shape index (κ3) is 3.24. The van der Waals surface area contributed by atoms with Crippen LogP contribution in [0.25, 0.3) is 0 Å². The molecule has 140 valence electrons. The van der Waals surface area contributed by atoms with Gasteiger partial charge in [0.2, 0.25) is 5.88 Å². The van der Waals surface area contributed by atoms with Crippen LogP contribution in [0, 0.1) is 29.5 Å². The number of amides is 2. The van der Waals surface area contributed by atoms with Crippen molar-refractivity contribution in [2.45, 2.75) is 31.8 Å². The number of halogens is 1. The van der Waals surface area contributed by atoms with Gasteiger partial charge in [-0.15, -0.1) is 0 Å². The molecule has 0 spiro atoms. The lowest BCUT2D eigenvalue weighted by Crippen LogP contribution is -2.38. The lowest BCUT2D eigenvalue weighted by molar-refractivity contribution is 0.238. The van der Waals surface area contributed by atoms with E-state index in [1.807, 2.05) is 6.07 Å². The molecule has 6 heteroatoms. The van der Waals surface area contributed by atoms with Crippen LogP contribution in [0.5, 0.6) is 11.6 Å². The maximum Gasteiger partial charge on any atom is 0.315 e. The lowest BCUT2D eigenvalue weighted by atomic mass is 10.0. The van der Waals surface area contributed by atoms with E-state index in [9.17, 15) is 9.18 Å². The van der Waals surface area contributed by atoms with E-state index in [0.29, 0.717) is 24.2 Å². The molecule has 1 heterocycles. The Kier molecular flexibility index (Phi) is 3.99. The Morgan fingerprint density at radius 1 is 1.15 bits per heavy atom. The number of urea groups is 1. The van der Waals surface area contributed by atoms with Crippen molar-refractivity contribution in [3.8, 4) is 11.6 Å². The Hall–Kier alpha value is -2.63. The molecule has 0 radical (unpaired) electrons. The van der Waals surface area contributed by atoms with Crippen molar-refractivity contribution in [2.75, 3.05) is 0 Å². The first-order valence-electron chi connectivity index (χ1n) is 9.60. The van der Waals surface area contributed by atoms with Gasteiger partial charge in [0.15, 0.2) is 0 Å². The molecule has 2 aromatic rings. The zero-order chi connectivity index (χ0) is 18.4. The molecule has 0 aliphatic heterocycles. The monoisotopic (exact) mass is 367 g/mol. The fraction of sp³-hybridized carbons (Fsp3) is 0.429. The van der Waals surface area contributed by atoms with Crippen molar-refractivity contribution in [1.29, 1.82) is 0 Å². The zero-order valence-corrected chi connectivity index (χ0v) is 14.9. The van der Waals surface area contributed by atoms with Crippen molar-refractivity contribution in [3.05, 3.63) is 54.0 Å². The van der Waals surface area contributed by atoms with Crippen molar-refractivity contribution < 1.29 is 13.9 Å². The second kappa shape index (κ2) is 6.51. The van der Waals surface area contributed by atoms with Crippen molar-refractivity contribution in [2.24, 2.45) is 23.7 Å². The van der Waals surface area contributed by atoms with Crippen LogP contribution in [0.3, 0.4) is 0 Å². The van der Waals surface area contributed by atoms with Gasteiger partial charge in [0.05, 0.1) is 0 Å². The van der Waals surface area contributed by atoms with Crippen LogP contribution in [0.4, 0.5) is 9.18 Å². The summed E-state index contributed by atoms with van der Waals surface area (Å²) in [6.07, 6.45) is 5.71. The number of rotatable bonds is 5. The molecule has 2 N–H and O–H groups in total. The van der Waals surface area contributed by atoms with Crippen LogP contribution in [0.15, 0.2) is 42.6 Å². The molecule has 4 atom stereocenters. The van der Waals surface area contributed by atoms with E-state index in [1.165, 1.54) is 31.4 Å². The number of ether oxygens (including phenoxy) is 1. The first-order valence-corrected chi connectivity index (χ1v) is 9.60. The largest absolute Gasteiger partial charge is 0.439 e. The molecule has 4 unspecified atom stereocenters. The molecule has 3 fully saturated rings. The van der Waals surface area contributed by atoms with Gasteiger partial charge in [-0.2, -0.15) is 0 Å². The van der Waals surface area contributed by atoms with Gasteiger partial charge in [-0.05, 0) is 78.8 Å². The van der Waals surface area contributed by atoms with Gasteiger partial charge in [0, 0.05) is 24.8 Å². The second-order valence-electron chi connectivity index (χ2n) is 7.90. The maximum absolute atomic E-state index is 13.0. The molecule has 3 aliphatic carbocycles. The molecule has 2 amide bonds. The van der Waals surface area contributed by atoms with E-state index in [-0.39, 0.29) is 11.8 Å². The van der Waals surface area contributed by atoms with Crippen LogP contribution in [0.1, 0.15) is 24.8 Å². The smallest absolute Gasteiger partial charge is 0.315 e. The molecule has 5 nitrogen and oxygen atoms in total. The van der Waals surface area contributed by atoms with Gasteiger partial charge in [0.25, 0.3) is 0 Å². The summed E-state index contributed by atoms with van der Waals surface area (Å²) in [6, 6.07) is 9.66. The summed E-state index contributed by atoms with van der Waals surface area (Å²) >= 11 is 0. The highest BCUT2D eigenvalue weighted by atomic mass is 19.1. The fourth-order valence-corrected chi connectivity index (χ4v) is 5.14. The highest BCUT2D eigenvalue weighted by Crippen LogP contribution is 2.65. The number of fused-ring (bicyclic) bond motifs is 5. The number of hydrogen-bond donors (Lipinski definition) is 2. The minimum Gasteiger partial charge on any atom is -0.439 e. The van der Waals surface area contributed by atoms with Crippen LogP contribution in [-0.4, -0.2) is 17.1 Å². The predicted octanol–water partition coefficient (Wildman–Crippen LogP) is 3.86. The summed E-state index contributed by atoms with van der Waals surface area (Å²) in [5.74, 6) is 3.76. The van der Waals surface area contributed by atoms with E-state index in [2.05, 4.69) is 15.6 Å². The molecule has 1 aromatic heterocycles. The summed E-state index contributed by atoms with van der Waals surface area (Å²) in [6.45, 7) is 0.406. The normalized spacial score (nSPS) is 29.9. The number of carbonyl (C=O) groups is 1. The lowest BCUT2D eigenvalue weighted by Gasteiger charge is -2.12. The van der Waals surface area contributed by atoms with Gasteiger partial charge in [-0.3, -0.25) is 0 Å². The third-order valence-corrected chi connectivity index (χ3v) is 6.32. The molecule has 3 saturated carbocycles. The number of nitrogens with one attached hydrogen (secondary N) is 2.